The standard InChI is InChI=1S/C9H13F2NO2/c10-9(11)3-1-7(2-4-9)8(5-13)12-6-14/h5-8H,1-4H2,(H,12,14). The minimum absolute atomic E-state index is 0.141. The van der Waals surface area contributed by atoms with Crippen LogP contribution in [0.15, 0.2) is 0 Å². The van der Waals surface area contributed by atoms with Gasteiger partial charge in [0.1, 0.15) is 6.29 Å². The fraction of sp³-hybridized carbons (Fsp3) is 0.778. The molecule has 1 aliphatic carbocycles. The maximum absolute atomic E-state index is 12.8. The second-order valence-electron chi connectivity index (χ2n) is 3.64. The Labute approximate surface area is 80.9 Å². The highest BCUT2D eigenvalue weighted by Crippen LogP contribution is 2.36. The second kappa shape index (κ2) is 4.48. The number of alkyl halides is 2. The highest BCUT2D eigenvalue weighted by Gasteiger charge is 2.37. The number of hydrogen-bond donors (Lipinski definition) is 1. The van der Waals surface area contributed by atoms with Crippen molar-refractivity contribution in [2.75, 3.05) is 0 Å². The van der Waals surface area contributed by atoms with Gasteiger partial charge in [-0.3, -0.25) is 4.79 Å². The van der Waals surface area contributed by atoms with Gasteiger partial charge in [0.25, 0.3) is 0 Å². The number of hydrogen-bond acceptors (Lipinski definition) is 2. The molecule has 0 saturated heterocycles. The lowest BCUT2D eigenvalue weighted by Gasteiger charge is -2.30. The Morgan fingerprint density at radius 2 is 1.86 bits per heavy atom. The molecule has 0 aromatic rings. The van der Waals surface area contributed by atoms with Gasteiger partial charge in [0.2, 0.25) is 12.3 Å². The van der Waals surface area contributed by atoms with Gasteiger partial charge in [-0.25, -0.2) is 8.78 Å². The molecule has 1 amide bonds. The highest BCUT2D eigenvalue weighted by atomic mass is 19.3. The summed E-state index contributed by atoms with van der Waals surface area (Å²) in [6, 6.07) is -0.608. The molecule has 3 nitrogen and oxygen atoms in total. The van der Waals surface area contributed by atoms with Crippen LogP contribution in [0.3, 0.4) is 0 Å². The van der Waals surface area contributed by atoms with Crippen molar-refractivity contribution in [1.29, 1.82) is 0 Å². The monoisotopic (exact) mass is 205 g/mol. The molecule has 1 rings (SSSR count). The molecule has 0 heterocycles. The Morgan fingerprint density at radius 1 is 1.29 bits per heavy atom. The molecule has 0 aromatic carbocycles. The molecular weight excluding hydrogens is 192 g/mol. The first-order valence-corrected chi connectivity index (χ1v) is 4.62. The summed E-state index contributed by atoms with van der Waals surface area (Å²) >= 11 is 0. The fourth-order valence-electron chi connectivity index (χ4n) is 1.79. The lowest BCUT2D eigenvalue weighted by atomic mass is 9.82. The molecule has 5 heteroatoms. The molecule has 0 aromatic heterocycles. The lowest BCUT2D eigenvalue weighted by molar-refractivity contribution is -0.118. The van der Waals surface area contributed by atoms with Gasteiger partial charge in [-0.05, 0) is 18.8 Å². The van der Waals surface area contributed by atoms with Gasteiger partial charge < -0.3 is 10.1 Å². The van der Waals surface area contributed by atoms with Crippen LogP contribution in [0.5, 0.6) is 0 Å². The van der Waals surface area contributed by atoms with E-state index in [4.69, 9.17) is 0 Å². The van der Waals surface area contributed by atoms with E-state index in [9.17, 15) is 18.4 Å². The summed E-state index contributed by atoms with van der Waals surface area (Å²) in [5, 5.41) is 2.34. The largest absolute Gasteiger partial charge is 0.349 e. The Morgan fingerprint density at radius 3 is 2.29 bits per heavy atom. The average Bonchev–Trinajstić information content (AvgIpc) is 2.15. The minimum Gasteiger partial charge on any atom is -0.349 e. The van der Waals surface area contributed by atoms with Crippen LogP contribution in [0.25, 0.3) is 0 Å². The van der Waals surface area contributed by atoms with Gasteiger partial charge >= 0.3 is 0 Å². The van der Waals surface area contributed by atoms with Crippen molar-refractivity contribution >= 4 is 12.7 Å². The van der Waals surface area contributed by atoms with E-state index in [0.29, 0.717) is 12.7 Å². The van der Waals surface area contributed by atoms with Crippen LogP contribution in [0.1, 0.15) is 25.7 Å². The van der Waals surface area contributed by atoms with Gasteiger partial charge in [-0.1, -0.05) is 0 Å². The third kappa shape index (κ3) is 2.75. The van der Waals surface area contributed by atoms with E-state index in [1.54, 1.807) is 0 Å². The zero-order valence-electron chi connectivity index (χ0n) is 7.71. The van der Waals surface area contributed by atoms with Crippen LogP contribution >= 0.6 is 0 Å². The van der Waals surface area contributed by atoms with Crippen molar-refractivity contribution in [3.63, 3.8) is 0 Å². The molecule has 0 spiro atoms. The van der Waals surface area contributed by atoms with Gasteiger partial charge in [0.15, 0.2) is 0 Å². The van der Waals surface area contributed by atoms with Gasteiger partial charge in [-0.15, -0.1) is 0 Å². The number of aldehydes is 1. The minimum atomic E-state index is -2.59. The number of halogens is 2. The predicted octanol–water partition coefficient (Wildman–Crippen LogP) is 1.13. The third-order valence-corrected chi connectivity index (χ3v) is 2.68. The Balaban J connectivity index is 2.46. The maximum Gasteiger partial charge on any atom is 0.248 e. The number of carbonyl (C=O) groups is 2. The normalized spacial score (nSPS) is 23.9. The number of nitrogens with one attached hydrogen (secondary N) is 1. The fourth-order valence-corrected chi connectivity index (χ4v) is 1.79. The molecular formula is C9H13F2NO2. The van der Waals surface area contributed by atoms with Crippen LogP contribution in [0.4, 0.5) is 8.78 Å². The van der Waals surface area contributed by atoms with E-state index < -0.39 is 12.0 Å². The van der Waals surface area contributed by atoms with E-state index in [1.807, 2.05) is 0 Å². The summed E-state index contributed by atoms with van der Waals surface area (Å²) < 4.78 is 25.5. The smallest absolute Gasteiger partial charge is 0.248 e. The molecule has 0 radical (unpaired) electrons. The number of carbonyl (C=O) groups excluding carboxylic acids is 2. The highest BCUT2D eigenvalue weighted by molar-refractivity contribution is 5.63. The average molecular weight is 205 g/mol. The molecule has 1 saturated carbocycles. The summed E-state index contributed by atoms with van der Waals surface area (Å²) in [6.07, 6.45) is 1.24. The summed E-state index contributed by atoms with van der Waals surface area (Å²) in [6.45, 7) is 0. The van der Waals surface area contributed by atoms with E-state index in [2.05, 4.69) is 5.32 Å². The van der Waals surface area contributed by atoms with Crippen LogP contribution in [-0.2, 0) is 9.59 Å². The van der Waals surface area contributed by atoms with Gasteiger partial charge in [0, 0.05) is 12.8 Å². The van der Waals surface area contributed by atoms with Crippen molar-refractivity contribution in [2.45, 2.75) is 37.6 Å². The van der Waals surface area contributed by atoms with E-state index in [1.165, 1.54) is 0 Å². The molecule has 80 valence electrons. The van der Waals surface area contributed by atoms with Crippen molar-refractivity contribution < 1.29 is 18.4 Å². The SMILES string of the molecule is O=CNC(C=O)C1CCC(F)(F)CC1. The van der Waals surface area contributed by atoms with Crippen molar-refractivity contribution in [3.8, 4) is 0 Å². The summed E-state index contributed by atoms with van der Waals surface area (Å²) in [7, 11) is 0. The molecule has 14 heavy (non-hydrogen) atoms. The van der Waals surface area contributed by atoms with E-state index >= 15 is 0 Å². The van der Waals surface area contributed by atoms with Gasteiger partial charge in [0.05, 0.1) is 6.04 Å². The van der Waals surface area contributed by atoms with Gasteiger partial charge in [-0.2, -0.15) is 0 Å². The van der Waals surface area contributed by atoms with Crippen molar-refractivity contribution in [2.24, 2.45) is 5.92 Å². The third-order valence-electron chi connectivity index (χ3n) is 2.68. The first-order valence-electron chi connectivity index (χ1n) is 4.62. The number of rotatable bonds is 4. The maximum atomic E-state index is 12.8. The van der Waals surface area contributed by atoms with Crippen LogP contribution in [0.2, 0.25) is 0 Å². The molecule has 1 fully saturated rings. The summed E-state index contributed by atoms with van der Waals surface area (Å²) in [4.78, 5) is 20.7. The van der Waals surface area contributed by atoms with Crippen LogP contribution in [0, 0.1) is 5.92 Å². The lowest BCUT2D eigenvalue weighted by Crippen LogP contribution is -2.40. The Hall–Kier alpha value is -1.00. The molecule has 0 bridgehead atoms. The number of amides is 1. The molecule has 0 aliphatic heterocycles. The predicted molar refractivity (Wildman–Crippen MR) is 46.0 cm³/mol. The first-order chi connectivity index (χ1) is 6.59. The second-order valence-corrected chi connectivity index (χ2v) is 3.64. The first kappa shape index (κ1) is 11.1. The summed E-state index contributed by atoms with van der Waals surface area (Å²) in [5.74, 6) is -2.73. The van der Waals surface area contributed by atoms with Crippen LogP contribution in [-0.4, -0.2) is 24.7 Å². The Kier molecular flexibility index (Phi) is 3.55. The van der Waals surface area contributed by atoms with E-state index in [-0.39, 0.29) is 31.6 Å². The van der Waals surface area contributed by atoms with Crippen LogP contribution < -0.4 is 5.32 Å². The Bertz CT molecular complexity index is 211. The molecule has 1 aliphatic rings. The molecule has 1 atom stereocenters. The van der Waals surface area contributed by atoms with E-state index in [0.717, 1.165) is 0 Å². The topological polar surface area (TPSA) is 46.2 Å². The van der Waals surface area contributed by atoms with Crippen molar-refractivity contribution in [3.05, 3.63) is 0 Å². The van der Waals surface area contributed by atoms with Crippen molar-refractivity contribution in [1.82, 2.24) is 5.32 Å². The molecule has 1 unspecified atom stereocenters. The molecule has 1 N–H and O–H groups in total. The summed E-state index contributed by atoms with van der Waals surface area (Å²) in [5.41, 5.74) is 0. The zero-order valence-corrected chi connectivity index (χ0v) is 7.71. The quantitative estimate of drug-likeness (QED) is 0.699. The zero-order chi connectivity index (χ0) is 10.6.